The van der Waals surface area contributed by atoms with Gasteiger partial charge in [0, 0.05) is 24.3 Å². The van der Waals surface area contributed by atoms with Crippen LogP contribution in [-0.4, -0.2) is 50.2 Å². The van der Waals surface area contributed by atoms with E-state index in [0.29, 0.717) is 36.8 Å². The van der Waals surface area contributed by atoms with E-state index in [0.717, 1.165) is 36.2 Å². The first kappa shape index (κ1) is 32.5. The fraction of sp³-hybridized carbons (Fsp3) is 0.459. The second-order valence-corrected chi connectivity index (χ2v) is 12.4. The number of carbonyl (C=O) groups is 2. The van der Waals surface area contributed by atoms with E-state index in [4.69, 9.17) is 9.47 Å². The van der Waals surface area contributed by atoms with Crippen LogP contribution in [-0.2, 0) is 22.6 Å². The van der Waals surface area contributed by atoms with Gasteiger partial charge in [-0.1, -0.05) is 68.5 Å². The summed E-state index contributed by atoms with van der Waals surface area (Å²) >= 11 is 0. The van der Waals surface area contributed by atoms with Gasteiger partial charge in [-0.2, -0.15) is 0 Å². The lowest BCUT2D eigenvalue weighted by Gasteiger charge is -2.32. The van der Waals surface area contributed by atoms with Gasteiger partial charge >= 0.3 is 0 Å². The highest BCUT2D eigenvalue weighted by atomic mass is 19.1. The SMILES string of the molecule is COc1cccc(C(=O)NC(CCC2CCCCC2)C(=O)N[C@@H](CN2CCc3cc(F)ccc32)[C@@H](C)OCc2ccccc2)c1. The molecule has 2 aliphatic rings. The van der Waals surface area contributed by atoms with E-state index < -0.39 is 6.04 Å². The summed E-state index contributed by atoms with van der Waals surface area (Å²) < 4.78 is 25.6. The summed E-state index contributed by atoms with van der Waals surface area (Å²) in [6.45, 7) is 3.61. The number of rotatable bonds is 14. The molecule has 1 unspecified atom stereocenters. The first-order valence-electron chi connectivity index (χ1n) is 16.3. The van der Waals surface area contributed by atoms with Crippen LogP contribution in [0.4, 0.5) is 10.1 Å². The maximum Gasteiger partial charge on any atom is 0.252 e. The van der Waals surface area contributed by atoms with Gasteiger partial charge in [0.2, 0.25) is 5.91 Å². The predicted octanol–water partition coefficient (Wildman–Crippen LogP) is 6.45. The molecule has 1 fully saturated rings. The van der Waals surface area contributed by atoms with Crippen molar-refractivity contribution < 1.29 is 23.5 Å². The molecule has 5 rings (SSSR count). The Morgan fingerprint density at radius 2 is 1.78 bits per heavy atom. The van der Waals surface area contributed by atoms with Crippen molar-refractivity contribution in [3.63, 3.8) is 0 Å². The Kier molecular flexibility index (Phi) is 11.5. The largest absolute Gasteiger partial charge is 0.497 e. The molecule has 3 aromatic rings. The van der Waals surface area contributed by atoms with E-state index in [9.17, 15) is 14.0 Å². The van der Waals surface area contributed by atoms with E-state index in [2.05, 4.69) is 15.5 Å². The second-order valence-electron chi connectivity index (χ2n) is 12.4. The van der Waals surface area contributed by atoms with Gasteiger partial charge in [-0.05, 0) is 79.6 Å². The quantitative estimate of drug-likeness (QED) is 0.218. The van der Waals surface area contributed by atoms with Gasteiger partial charge in [0.25, 0.3) is 5.91 Å². The summed E-state index contributed by atoms with van der Waals surface area (Å²) in [5, 5.41) is 6.31. The molecule has 1 aliphatic heterocycles. The number of halogens is 1. The topological polar surface area (TPSA) is 79.9 Å². The van der Waals surface area contributed by atoms with Crippen LogP contribution in [0.25, 0.3) is 0 Å². The van der Waals surface area contributed by atoms with E-state index in [-0.39, 0.29) is 29.8 Å². The Morgan fingerprint density at radius 3 is 2.56 bits per heavy atom. The number of methoxy groups -OCH3 is 1. The molecule has 8 heteroatoms. The van der Waals surface area contributed by atoms with Gasteiger partial charge in [0.05, 0.1) is 25.9 Å². The number of carbonyl (C=O) groups excluding carboxylic acids is 2. The fourth-order valence-electron chi connectivity index (χ4n) is 6.53. The summed E-state index contributed by atoms with van der Waals surface area (Å²) in [7, 11) is 1.56. The number of ether oxygens (including phenoxy) is 2. The molecule has 1 heterocycles. The Bertz CT molecular complexity index is 1410. The molecule has 3 atom stereocenters. The average Bonchev–Trinajstić information content (AvgIpc) is 3.47. The van der Waals surface area contributed by atoms with Crippen LogP contribution in [0.2, 0.25) is 0 Å². The van der Waals surface area contributed by atoms with Crippen molar-refractivity contribution in [1.29, 1.82) is 0 Å². The molecular weight excluding hydrogens is 569 g/mol. The molecule has 0 aromatic heterocycles. The lowest BCUT2D eigenvalue weighted by molar-refractivity contribution is -0.125. The third-order valence-corrected chi connectivity index (χ3v) is 9.24. The first-order valence-corrected chi connectivity index (χ1v) is 16.3. The number of nitrogens with one attached hydrogen (secondary N) is 2. The average molecular weight is 616 g/mol. The van der Waals surface area contributed by atoms with Crippen LogP contribution in [0.5, 0.6) is 5.75 Å². The van der Waals surface area contributed by atoms with E-state index in [1.807, 2.05) is 43.3 Å². The maximum atomic E-state index is 14.1. The molecule has 7 nitrogen and oxygen atoms in total. The lowest BCUT2D eigenvalue weighted by atomic mass is 9.85. The molecule has 240 valence electrons. The third-order valence-electron chi connectivity index (χ3n) is 9.24. The molecule has 45 heavy (non-hydrogen) atoms. The molecule has 0 spiro atoms. The Hall–Kier alpha value is -3.91. The zero-order valence-electron chi connectivity index (χ0n) is 26.5. The van der Waals surface area contributed by atoms with Crippen molar-refractivity contribution in [2.24, 2.45) is 5.92 Å². The van der Waals surface area contributed by atoms with Crippen LogP contribution in [0.15, 0.2) is 72.8 Å². The zero-order valence-corrected chi connectivity index (χ0v) is 26.5. The van der Waals surface area contributed by atoms with Crippen molar-refractivity contribution in [2.75, 3.05) is 25.1 Å². The Labute approximate surface area is 266 Å². The number of hydrogen-bond acceptors (Lipinski definition) is 5. The predicted molar refractivity (Wildman–Crippen MR) is 175 cm³/mol. The Morgan fingerprint density at radius 1 is 0.978 bits per heavy atom. The Balaban J connectivity index is 1.33. The van der Waals surface area contributed by atoms with Crippen molar-refractivity contribution in [2.45, 2.75) is 83.1 Å². The molecular formula is C37H46FN3O4. The molecule has 3 aromatic carbocycles. The number of anilines is 1. The van der Waals surface area contributed by atoms with Gasteiger partial charge in [-0.3, -0.25) is 9.59 Å². The fourth-order valence-corrected chi connectivity index (χ4v) is 6.53. The first-order chi connectivity index (χ1) is 21.9. The summed E-state index contributed by atoms with van der Waals surface area (Å²) in [4.78, 5) is 29.7. The molecule has 0 radical (unpaired) electrons. The van der Waals surface area contributed by atoms with Crippen molar-refractivity contribution in [3.8, 4) is 5.75 Å². The molecule has 2 amide bonds. The minimum atomic E-state index is -0.700. The monoisotopic (exact) mass is 615 g/mol. The van der Waals surface area contributed by atoms with Crippen molar-refractivity contribution in [3.05, 3.63) is 95.3 Å². The van der Waals surface area contributed by atoms with Gasteiger partial charge in [-0.15, -0.1) is 0 Å². The van der Waals surface area contributed by atoms with E-state index in [1.165, 1.54) is 38.2 Å². The standard InChI is InChI=1S/C37H46FN3O4/c1-26(45-25-28-12-7-4-8-13-28)34(24-41-21-20-29-22-31(38)17-19-35(29)41)40-37(43)33(18-16-27-10-5-3-6-11-27)39-36(42)30-14-9-15-32(23-30)44-2/h4,7-9,12-15,17,19,22-23,26-27,33-34H,3,5-6,10-11,16,18,20-21,24-25H2,1-2H3,(H,39,42)(H,40,43)/t26-,33?,34+/m1/s1. The smallest absolute Gasteiger partial charge is 0.252 e. The van der Waals surface area contributed by atoms with Crippen LogP contribution < -0.4 is 20.3 Å². The minimum absolute atomic E-state index is 0.222. The number of nitrogens with zero attached hydrogens (tertiary/aromatic N) is 1. The van der Waals surface area contributed by atoms with Crippen LogP contribution >= 0.6 is 0 Å². The van der Waals surface area contributed by atoms with Crippen molar-refractivity contribution >= 4 is 17.5 Å². The van der Waals surface area contributed by atoms with Crippen LogP contribution in [0, 0.1) is 11.7 Å². The highest BCUT2D eigenvalue weighted by Gasteiger charge is 2.31. The lowest BCUT2D eigenvalue weighted by Crippen LogP contribution is -2.55. The van der Waals surface area contributed by atoms with E-state index in [1.54, 1.807) is 37.4 Å². The molecule has 1 aliphatic carbocycles. The molecule has 0 bridgehead atoms. The summed E-state index contributed by atoms with van der Waals surface area (Å²) in [6.07, 6.45) is 7.90. The number of hydrogen-bond donors (Lipinski definition) is 2. The van der Waals surface area contributed by atoms with Crippen molar-refractivity contribution in [1.82, 2.24) is 10.6 Å². The minimum Gasteiger partial charge on any atom is -0.497 e. The summed E-state index contributed by atoms with van der Waals surface area (Å²) in [5.74, 6) is 0.376. The van der Waals surface area contributed by atoms with Gasteiger partial charge in [0.1, 0.15) is 17.6 Å². The number of fused-ring (bicyclic) bond motifs is 1. The number of amides is 2. The molecule has 0 saturated heterocycles. The second kappa shape index (κ2) is 15.9. The number of benzene rings is 3. The van der Waals surface area contributed by atoms with Crippen LogP contribution in [0.3, 0.4) is 0 Å². The van der Waals surface area contributed by atoms with Crippen LogP contribution in [0.1, 0.15) is 73.4 Å². The molecule has 1 saturated carbocycles. The van der Waals surface area contributed by atoms with Gasteiger partial charge < -0.3 is 25.0 Å². The summed E-state index contributed by atoms with van der Waals surface area (Å²) in [5.41, 5.74) is 3.44. The summed E-state index contributed by atoms with van der Waals surface area (Å²) in [6, 6.07) is 20.7. The normalized spacial score (nSPS) is 16.8. The van der Waals surface area contributed by atoms with E-state index >= 15 is 0 Å². The van der Waals surface area contributed by atoms with Gasteiger partial charge in [0.15, 0.2) is 0 Å². The van der Waals surface area contributed by atoms with Gasteiger partial charge in [-0.25, -0.2) is 4.39 Å². The highest BCUT2D eigenvalue weighted by molar-refractivity contribution is 5.97. The third kappa shape index (κ3) is 9.07. The molecule has 2 N–H and O–H groups in total. The zero-order chi connectivity index (χ0) is 31.6. The highest BCUT2D eigenvalue weighted by Crippen LogP contribution is 2.30. The maximum absolute atomic E-state index is 14.1.